The van der Waals surface area contributed by atoms with Gasteiger partial charge in [0.15, 0.2) is 0 Å². The van der Waals surface area contributed by atoms with Gasteiger partial charge in [-0.25, -0.2) is 0 Å². The van der Waals surface area contributed by atoms with Gasteiger partial charge in [0, 0.05) is 24.6 Å². The molecule has 0 radical (unpaired) electrons. The molecule has 0 aromatic heterocycles. The highest BCUT2D eigenvalue weighted by Crippen LogP contribution is 2.24. The largest absolute Gasteiger partial charge is 0.393 e. The number of hydrogen-bond acceptors (Lipinski definition) is 3. The second-order valence-electron chi connectivity index (χ2n) is 5.75. The van der Waals surface area contributed by atoms with Crippen molar-refractivity contribution in [3.05, 3.63) is 34.9 Å². The Bertz CT molecular complexity index is 514. The van der Waals surface area contributed by atoms with Crippen LogP contribution in [0.2, 0.25) is 0 Å². The summed E-state index contributed by atoms with van der Waals surface area (Å²) in [6, 6.07) is 5.84. The fourth-order valence-electron chi connectivity index (χ4n) is 3.09. The third kappa shape index (κ3) is 2.45. The minimum absolute atomic E-state index is 0.0741. The molecular formula is C16H21NO3. The number of benzene rings is 1. The first kappa shape index (κ1) is 13.6. The average Bonchev–Trinajstić information content (AvgIpc) is 2.94. The van der Waals surface area contributed by atoms with E-state index in [1.807, 2.05) is 23.1 Å². The summed E-state index contributed by atoms with van der Waals surface area (Å²) in [6.45, 7) is 4.62. The highest BCUT2D eigenvalue weighted by Gasteiger charge is 2.29. The average molecular weight is 275 g/mol. The molecule has 2 aliphatic rings. The Labute approximate surface area is 119 Å². The lowest BCUT2D eigenvalue weighted by Crippen LogP contribution is -2.45. The van der Waals surface area contributed by atoms with E-state index in [0.29, 0.717) is 32.7 Å². The lowest BCUT2D eigenvalue weighted by molar-refractivity contribution is 0.0229. The van der Waals surface area contributed by atoms with Crippen LogP contribution in [0.25, 0.3) is 0 Å². The van der Waals surface area contributed by atoms with Gasteiger partial charge < -0.3 is 14.7 Å². The fourth-order valence-corrected chi connectivity index (χ4v) is 3.09. The van der Waals surface area contributed by atoms with Gasteiger partial charge in [-0.2, -0.15) is 0 Å². The number of carbonyl (C=O) groups is 1. The van der Waals surface area contributed by atoms with E-state index in [1.54, 1.807) is 0 Å². The number of aliphatic hydroxyl groups is 1. The summed E-state index contributed by atoms with van der Waals surface area (Å²) in [7, 11) is 0. The van der Waals surface area contributed by atoms with E-state index < -0.39 is 0 Å². The lowest BCUT2D eigenvalue weighted by atomic mass is 9.92. The molecule has 1 amide bonds. The molecule has 0 spiro atoms. The van der Waals surface area contributed by atoms with Crippen LogP contribution in [0, 0.1) is 5.92 Å². The summed E-state index contributed by atoms with van der Waals surface area (Å²) in [5, 5.41) is 9.91. The zero-order valence-corrected chi connectivity index (χ0v) is 11.8. The van der Waals surface area contributed by atoms with Crippen molar-refractivity contribution in [3.63, 3.8) is 0 Å². The van der Waals surface area contributed by atoms with Gasteiger partial charge in [0.25, 0.3) is 5.91 Å². The number of rotatable bonds is 2. The van der Waals surface area contributed by atoms with Crippen LogP contribution in [0.15, 0.2) is 18.2 Å². The Morgan fingerprint density at radius 3 is 3.00 bits per heavy atom. The molecule has 1 saturated heterocycles. The number of hydrogen-bond donors (Lipinski definition) is 1. The van der Waals surface area contributed by atoms with E-state index in [4.69, 9.17) is 4.74 Å². The number of nitrogens with zero attached hydrogens (tertiary/aromatic N) is 1. The van der Waals surface area contributed by atoms with Crippen molar-refractivity contribution in [1.29, 1.82) is 0 Å². The van der Waals surface area contributed by atoms with E-state index in [-0.39, 0.29) is 17.9 Å². The predicted octanol–water partition coefficient (Wildman–Crippen LogP) is 1.95. The van der Waals surface area contributed by atoms with Crippen molar-refractivity contribution in [2.45, 2.75) is 39.1 Å². The van der Waals surface area contributed by atoms with Gasteiger partial charge in [0.2, 0.25) is 0 Å². The Balaban J connectivity index is 1.75. The minimum atomic E-state index is -0.266. The van der Waals surface area contributed by atoms with Crippen LogP contribution in [0.1, 0.15) is 41.3 Å². The Kier molecular flexibility index (Phi) is 3.76. The van der Waals surface area contributed by atoms with Crippen molar-refractivity contribution in [3.8, 4) is 0 Å². The number of aliphatic hydroxyl groups excluding tert-OH is 1. The first-order valence-electron chi connectivity index (χ1n) is 7.36. The molecule has 2 unspecified atom stereocenters. The minimum Gasteiger partial charge on any atom is -0.393 e. The van der Waals surface area contributed by atoms with Crippen molar-refractivity contribution in [1.82, 2.24) is 4.90 Å². The Hall–Kier alpha value is -1.39. The molecule has 108 valence electrons. The molecule has 1 aromatic rings. The van der Waals surface area contributed by atoms with Crippen molar-refractivity contribution >= 4 is 5.91 Å². The molecule has 1 N–H and O–H groups in total. The quantitative estimate of drug-likeness (QED) is 0.897. The van der Waals surface area contributed by atoms with Gasteiger partial charge in [-0.3, -0.25) is 4.79 Å². The smallest absolute Gasteiger partial charge is 0.253 e. The van der Waals surface area contributed by atoms with E-state index in [0.717, 1.165) is 17.5 Å². The first-order valence-corrected chi connectivity index (χ1v) is 7.36. The maximum atomic E-state index is 12.6. The Morgan fingerprint density at radius 2 is 2.20 bits per heavy atom. The van der Waals surface area contributed by atoms with Crippen LogP contribution in [0.3, 0.4) is 0 Å². The van der Waals surface area contributed by atoms with E-state index in [2.05, 4.69) is 6.92 Å². The third-order valence-electron chi connectivity index (χ3n) is 4.47. The van der Waals surface area contributed by atoms with Crippen LogP contribution in [-0.2, 0) is 18.0 Å². The number of fused-ring (bicyclic) bond motifs is 1. The number of carbonyl (C=O) groups excluding carboxylic acids is 1. The van der Waals surface area contributed by atoms with Crippen LogP contribution < -0.4 is 0 Å². The van der Waals surface area contributed by atoms with E-state index >= 15 is 0 Å². The van der Waals surface area contributed by atoms with Gasteiger partial charge in [0.1, 0.15) is 0 Å². The molecule has 1 aromatic carbocycles. The molecule has 2 heterocycles. The summed E-state index contributed by atoms with van der Waals surface area (Å²) in [6.07, 6.45) is 1.32. The van der Waals surface area contributed by atoms with Crippen molar-refractivity contribution in [2.75, 3.05) is 13.1 Å². The van der Waals surface area contributed by atoms with Crippen LogP contribution in [0.5, 0.6) is 0 Å². The zero-order chi connectivity index (χ0) is 14.1. The predicted molar refractivity (Wildman–Crippen MR) is 75.2 cm³/mol. The second-order valence-corrected chi connectivity index (χ2v) is 5.75. The summed E-state index contributed by atoms with van der Waals surface area (Å²) in [5.41, 5.74) is 3.04. The fraction of sp³-hybridized carbons (Fsp3) is 0.562. The van der Waals surface area contributed by atoms with E-state index in [1.165, 1.54) is 5.56 Å². The maximum Gasteiger partial charge on any atom is 0.253 e. The molecule has 4 nitrogen and oxygen atoms in total. The normalized spacial score (nSPS) is 25.6. The molecule has 0 saturated carbocycles. The summed E-state index contributed by atoms with van der Waals surface area (Å²) >= 11 is 0. The monoisotopic (exact) mass is 275 g/mol. The van der Waals surface area contributed by atoms with Gasteiger partial charge in [-0.05, 0) is 36.1 Å². The molecule has 2 aliphatic heterocycles. The zero-order valence-electron chi connectivity index (χ0n) is 11.8. The van der Waals surface area contributed by atoms with Crippen molar-refractivity contribution in [2.24, 2.45) is 5.92 Å². The summed E-state index contributed by atoms with van der Waals surface area (Å²) in [5.74, 6) is 0.274. The van der Waals surface area contributed by atoms with Crippen LogP contribution in [0.4, 0.5) is 0 Å². The molecule has 2 atom stereocenters. The van der Waals surface area contributed by atoms with Crippen molar-refractivity contribution < 1.29 is 14.6 Å². The standard InChI is InChI=1S/C16H21NO3/c1-2-11-8-17(6-5-15(11)18)16(19)12-3-4-13-9-20-10-14(13)7-12/h3-4,7,11,15,18H,2,5-6,8-10H2,1H3. The number of likely N-dealkylation sites (tertiary alicyclic amines) is 1. The topological polar surface area (TPSA) is 49.8 Å². The van der Waals surface area contributed by atoms with E-state index in [9.17, 15) is 9.90 Å². The first-order chi connectivity index (χ1) is 9.69. The third-order valence-corrected chi connectivity index (χ3v) is 4.47. The summed E-state index contributed by atoms with van der Waals surface area (Å²) < 4.78 is 5.39. The molecule has 20 heavy (non-hydrogen) atoms. The van der Waals surface area contributed by atoms with Gasteiger partial charge >= 0.3 is 0 Å². The molecule has 3 rings (SSSR count). The molecular weight excluding hydrogens is 254 g/mol. The number of piperidine rings is 1. The van der Waals surface area contributed by atoms with Gasteiger partial charge in [0.05, 0.1) is 19.3 Å². The molecule has 1 fully saturated rings. The highest BCUT2D eigenvalue weighted by molar-refractivity contribution is 5.94. The number of ether oxygens (including phenoxy) is 1. The van der Waals surface area contributed by atoms with Gasteiger partial charge in [-0.15, -0.1) is 0 Å². The van der Waals surface area contributed by atoms with Crippen LogP contribution in [-0.4, -0.2) is 35.1 Å². The highest BCUT2D eigenvalue weighted by atomic mass is 16.5. The lowest BCUT2D eigenvalue weighted by Gasteiger charge is -2.35. The second kappa shape index (κ2) is 5.54. The van der Waals surface area contributed by atoms with Gasteiger partial charge in [-0.1, -0.05) is 13.0 Å². The summed E-state index contributed by atoms with van der Waals surface area (Å²) in [4.78, 5) is 14.4. The molecule has 0 aliphatic carbocycles. The maximum absolute atomic E-state index is 12.6. The van der Waals surface area contributed by atoms with Crippen LogP contribution >= 0.6 is 0 Å². The molecule has 0 bridgehead atoms. The SMILES string of the molecule is CCC1CN(C(=O)c2ccc3c(c2)COC3)CCC1O. The number of amides is 1. The Morgan fingerprint density at radius 1 is 1.40 bits per heavy atom. The molecule has 4 heteroatoms.